The number of ether oxygens (including phenoxy) is 2. The van der Waals surface area contributed by atoms with E-state index in [1.807, 2.05) is 69.3 Å². The van der Waals surface area contributed by atoms with Crippen LogP contribution in [0.3, 0.4) is 0 Å². The van der Waals surface area contributed by atoms with Crippen molar-refractivity contribution in [1.29, 1.82) is 0 Å². The van der Waals surface area contributed by atoms with Crippen molar-refractivity contribution in [2.75, 3.05) is 26.3 Å². The fraction of sp³-hybridized carbons (Fsp3) is 0.481. The second-order valence-corrected chi connectivity index (χ2v) is 7.94. The van der Waals surface area contributed by atoms with Gasteiger partial charge in [-0.3, -0.25) is 9.59 Å². The van der Waals surface area contributed by atoms with Crippen LogP contribution in [0.15, 0.2) is 48.5 Å². The molecule has 180 valence electrons. The average Bonchev–Trinajstić information content (AvgIpc) is 2.83. The summed E-state index contributed by atoms with van der Waals surface area (Å²) in [5.41, 5.74) is 2.14. The maximum atomic E-state index is 13.2. The molecule has 0 aromatic heterocycles. The Bertz CT molecular complexity index is 870. The van der Waals surface area contributed by atoms with Crippen LogP contribution in [-0.4, -0.2) is 49.1 Å². The first-order valence-corrected chi connectivity index (χ1v) is 12.0. The lowest BCUT2D eigenvalue weighted by Crippen LogP contribution is -2.49. The molecule has 2 aromatic carbocycles. The van der Waals surface area contributed by atoms with E-state index in [-0.39, 0.29) is 11.8 Å². The summed E-state index contributed by atoms with van der Waals surface area (Å²) in [6.07, 6.45) is 2.45. The standard InChI is InChI=1S/C27H38N2O4/c1-5-18-28-27(31)21(4)29(19-17-22-11-9-8-10-12-22)26(30)16-14-23-13-15-24(32-6-2)25(20-23)33-7-3/h8-13,15,20-21H,5-7,14,16-19H2,1-4H3,(H,28,31)/t21-/m0/s1. The van der Waals surface area contributed by atoms with Crippen LogP contribution < -0.4 is 14.8 Å². The molecule has 1 atom stereocenters. The van der Waals surface area contributed by atoms with E-state index in [1.54, 1.807) is 11.8 Å². The molecule has 1 N–H and O–H groups in total. The number of rotatable bonds is 14. The number of amides is 2. The van der Waals surface area contributed by atoms with E-state index in [2.05, 4.69) is 5.32 Å². The van der Waals surface area contributed by atoms with Crippen LogP contribution in [-0.2, 0) is 22.4 Å². The maximum absolute atomic E-state index is 13.2. The molecule has 0 fully saturated rings. The number of hydrogen-bond donors (Lipinski definition) is 1. The third-order valence-corrected chi connectivity index (χ3v) is 5.44. The monoisotopic (exact) mass is 454 g/mol. The second-order valence-electron chi connectivity index (χ2n) is 7.94. The van der Waals surface area contributed by atoms with E-state index >= 15 is 0 Å². The highest BCUT2D eigenvalue weighted by atomic mass is 16.5. The summed E-state index contributed by atoms with van der Waals surface area (Å²) in [7, 11) is 0. The Morgan fingerprint density at radius 1 is 0.909 bits per heavy atom. The Morgan fingerprint density at radius 2 is 1.61 bits per heavy atom. The molecule has 33 heavy (non-hydrogen) atoms. The molecule has 0 unspecified atom stereocenters. The zero-order valence-electron chi connectivity index (χ0n) is 20.4. The predicted octanol–water partition coefficient (Wildman–Crippen LogP) is 4.40. The van der Waals surface area contributed by atoms with Gasteiger partial charge in [0.2, 0.25) is 11.8 Å². The second kappa shape index (κ2) is 14.2. The molecule has 2 rings (SSSR count). The number of aryl methyl sites for hydroxylation is 1. The zero-order chi connectivity index (χ0) is 24.1. The van der Waals surface area contributed by atoms with Gasteiger partial charge in [-0.15, -0.1) is 0 Å². The highest BCUT2D eigenvalue weighted by Gasteiger charge is 2.25. The molecule has 0 aliphatic rings. The Labute approximate surface area is 198 Å². The van der Waals surface area contributed by atoms with Gasteiger partial charge in [0.25, 0.3) is 0 Å². The topological polar surface area (TPSA) is 67.9 Å². The SMILES string of the molecule is CCCNC(=O)[C@H](C)N(CCc1ccccc1)C(=O)CCc1ccc(OCC)c(OCC)c1. The van der Waals surface area contributed by atoms with E-state index in [0.29, 0.717) is 57.1 Å². The molecule has 0 saturated carbocycles. The Hall–Kier alpha value is -3.02. The van der Waals surface area contributed by atoms with E-state index < -0.39 is 6.04 Å². The molecule has 0 bridgehead atoms. The molecule has 0 heterocycles. The molecule has 0 spiro atoms. The summed E-state index contributed by atoms with van der Waals surface area (Å²) in [6, 6.07) is 15.3. The van der Waals surface area contributed by atoms with Gasteiger partial charge in [-0.2, -0.15) is 0 Å². The number of carbonyl (C=O) groups excluding carboxylic acids is 2. The largest absolute Gasteiger partial charge is 0.490 e. The Morgan fingerprint density at radius 3 is 2.27 bits per heavy atom. The van der Waals surface area contributed by atoms with E-state index in [9.17, 15) is 9.59 Å². The fourth-order valence-corrected chi connectivity index (χ4v) is 3.61. The number of carbonyl (C=O) groups is 2. The third kappa shape index (κ3) is 8.44. The highest BCUT2D eigenvalue weighted by molar-refractivity contribution is 5.87. The minimum atomic E-state index is -0.521. The first-order valence-electron chi connectivity index (χ1n) is 12.0. The number of benzene rings is 2. The maximum Gasteiger partial charge on any atom is 0.242 e. The molecule has 6 nitrogen and oxygen atoms in total. The predicted molar refractivity (Wildman–Crippen MR) is 132 cm³/mol. The van der Waals surface area contributed by atoms with E-state index in [0.717, 1.165) is 17.5 Å². The summed E-state index contributed by atoms with van der Waals surface area (Å²) >= 11 is 0. The van der Waals surface area contributed by atoms with Crippen LogP contribution in [0.1, 0.15) is 51.7 Å². The van der Waals surface area contributed by atoms with Gasteiger partial charge < -0.3 is 19.7 Å². The first-order chi connectivity index (χ1) is 16.0. The summed E-state index contributed by atoms with van der Waals surface area (Å²) in [5.74, 6) is 1.26. The van der Waals surface area contributed by atoms with Crippen molar-refractivity contribution in [2.45, 2.75) is 59.4 Å². The van der Waals surface area contributed by atoms with Gasteiger partial charge in [-0.05, 0) is 63.3 Å². The van der Waals surface area contributed by atoms with Gasteiger partial charge in [0.15, 0.2) is 11.5 Å². The van der Waals surface area contributed by atoms with Gasteiger partial charge in [0, 0.05) is 19.5 Å². The molecular weight excluding hydrogens is 416 g/mol. The van der Waals surface area contributed by atoms with Gasteiger partial charge in [0.1, 0.15) is 6.04 Å². The van der Waals surface area contributed by atoms with Gasteiger partial charge in [0.05, 0.1) is 13.2 Å². The quantitative estimate of drug-likeness (QED) is 0.459. The van der Waals surface area contributed by atoms with Gasteiger partial charge in [-0.1, -0.05) is 43.3 Å². The molecule has 6 heteroatoms. The minimum absolute atomic E-state index is 0.0306. The van der Waals surface area contributed by atoms with E-state index in [4.69, 9.17) is 9.47 Å². The lowest BCUT2D eigenvalue weighted by Gasteiger charge is -2.29. The zero-order valence-corrected chi connectivity index (χ0v) is 20.4. The average molecular weight is 455 g/mol. The summed E-state index contributed by atoms with van der Waals surface area (Å²) < 4.78 is 11.3. The van der Waals surface area contributed by atoms with Crippen molar-refractivity contribution in [2.24, 2.45) is 0 Å². The molecular formula is C27H38N2O4. The van der Waals surface area contributed by atoms with Crippen LogP contribution in [0.5, 0.6) is 11.5 Å². The molecule has 0 aliphatic heterocycles. The number of hydrogen-bond acceptors (Lipinski definition) is 4. The number of nitrogens with one attached hydrogen (secondary N) is 1. The van der Waals surface area contributed by atoms with Gasteiger partial charge in [-0.25, -0.2) is 0 Å². The summed E-state index contributed by atoms with van der Waals surface area (Å²) in [4.78, 5) is 27.5. The summed E-state index contributed by atoms with van der Waals surface area (Å²) in [6.45, 7) is 9.89. The first kappa shape index (κ1) is 26.2. The minimum Gasteiger partial charge on any atom is -0.490 e. The van der Waals surface area contributed by atoms with Crippen LogP contribution >= 0.6 is 0 Å². The highest BCUT2D eigenvalue weighted by Crippen LogP contribution is 2.29. The lowest BCUT2D eigenvalue weighted by atomic mass is 10.1. The Balaban J connectivity index is 2.09. The lowest BCUT2D eigenvalue weighted by molar-refractivity contribution is -0.139. The van der Waals surface area contributed by atoms with Crippen molar-refractivity contribution < 1.29 is 19.1 Å². The fourth-order valence-electron chi connectivity index (χ4n) is 3.61. The smallest absolute Gasteiger partial charge is 0.242 e. The van der Waals surface area contributed by atoms with Crippen molar-refractivity contribution in [3.05, 3.63) is 59.7 Å². The van der Waals surface area contributed by atoms with Gasteiger partial charge >= 0.3 is 0 Å². The van der Waals surface area contributed by atoms with Crippen LogP contribution in [0.2, 0.25) is 0 Å². The van der Waals surface area contributed by atoms with Crippen molar-refractivity contribution in [3.63, 3.8) is 0 Å². The van der Waals surface area contributed by atoms with Crippen LogP contribution in [0, 0.1) is 0 Å². The van der Waals surface area contributed by atoms with Crippen molar-refractivity contribution >= 4 is 11.8 Å². The molecule has 0 radical (unpaired) electrons. The molecule has 0 saturated heterocycles. The number of nitrogens with zero attached hydrogens (tertiary/aromatic N) is 1. The normalized spacial score (nSPS) is 11.5. The van der Waals surface area contributed by atoms with Crippen LogP contribution in [0.4, 0.5) is 0 Å². The molecule has 0 aliphatic carbocycles. The van der Waals surface area contributed by atoms with Crippen molar-refractivity contribution in [1.82, 2.24) is 10.2 Å². The molecule has 2 aromatic rings. The van der Waals surface area contributed by atoms with Crippen molar-refractivity contribution in [3.8, 4) is 11.5 Å². The Kier molecular flexibility index (Phi) is 11.3. The van der Waals surface area contributed by atoms with Crippen LogP contribution in [0.25, 0.3) is 0 Å². The summed E-state index contributed by atoms with van der Waals surface area (Å²) in [5, 5.41) is 2.92. The molecule has 2 amide bonds. The van der Waals surface area contributed by atoms with E-state index in [1.165, 1.54) is 0 Å². The third-order valence-electron chi connectivity index (χ3n) is 5.44.